The van der Waals surface area contributed by atoms with Crippen LogP contribution in [0.1, 0.15) is 51.5 Å². The first-order valence-corrected chi connectivity index (χ1v) is 12.4. The van der Waals surface area contributed by atoms with Gasteiger partial charge in [0, 0.05) is 37.0 Å². The quantitative estimate of drug-likeness (QED) is 0.697. The lowest BCUT2D eigenvalue weighted by Crippen LogP contribution is -2.49. The molecule has 1 aliphatic carbocycles. The van der Waals surface area contributed by atoms with Gasteiger partial charge in [-0.15, -0.1) is 0 Å². The monoisotopic (exact) mass is 434 g/mol. The van der Waals surface area contributed by atoms with Gasteiger partial charge >= 0.3 is 0 Å². The fourth-order valence-electron chi connectivity index (χ4n) is 4.26. The lowest BCUT2D eigenvalue weighted by molar-refractivity contribution is 0.103. The van der Waals surface area contributed by atoms with Crippen LogP contribution in [0.3, 0.4) is 0 Å². The molecular formula is C23H34N2O4S. The number of nitrogens with zero attached hydrogens (tertiary/aromatic N) is 1. The number of aliphatic hydroxyl groups is 1. The fourth-order valence-corrected chi connectivity index (χ4v) is 6.09. The van der Waals surface area contributed by atoms with Crippen molar-refractivity contribution in [2.45, 2.75) is 63.0 Å². The average Bonchev–Trinajstić information content (AvgIpc) is 3.23. The molecule has 1 aromatic rings. The van der Waals surface area contributed by atoms with E-state index in [1.165, 1.54) is 30.0 Å². The Morgan fingerprint density at radius 1 is 1.33 bits per heavy atom. The first-order chi connectivity index (χ1) is 14.4. The molecule has 0 radical (unpaired) electrons. The molecule has 7 heteroatoms. The highest BCUT2D eigenvalue weighted by atomic mass is 32.2. The van der Waals surface area contributed by atoms with Crippen molar-refractivity contribution in [1.82, 2.24) is 9.62 Å². The molecule has 0 unspecified atom stereocenters. The number of sulfonamides is 1. The van der Waals surface area contributed by atoms with E-state index in [0.29, 0.717) is 24.8 Å². The number of likely N-dealkylation sites (N-methyl/N-ethyl adjacent to an activating group) is 1. The molecule has 1 heterocycles. The summed E-state index contributed by atoms with van der Waals surface area (Å²) in [4.78, 5) is 0.136. The van der Waals surface area contributed by atoms with Crippen LogP contribution >= 0.6 is 0 Å². The minimum Gasteiger partial charge on any atom is -0.487 e. The molecule has 3 rings (SSSR count). The maximum absolute atomic E-state index is 13.4. The SMILES string of the molecule is CNC[C@@H]1Oc2cc(C#CCC3CCCC3)ccc2S(=O)(=O)N([C@H](C)CO)C[C@H]1C. The van der Waals surface area contributed by atoms with Crippen LogP contribution < -0.4 is 10.1 Å². The highest BCUT2D eigenvalue weighted by molar-refractivity contribution is 7.89. The van der Waals surface area contributed by atoms with E-state index < -0.39 is 16.1 Å². The summed E-state index contributed by atoms with van der Waals surface area (Å²) < 4.78 is 34.3. The van der Waals surface area contributed by atoms with Gasteiger partial charge < -0.3 is 15.2 Å². The van der Waals surface area contributed by atoms with Crippen molar-refractivity contribution in [3.8, 4) is 17.6 Å². The van der Waals surface area contributed by atoms with Gasteiger partial charge in [0.05, 0.1) is 6.61 Å². The molecule has 1 aromatic carbocycles. The van der Waals surface area contributed by atoms with Gasteiger partial charge in [0.1, 0.15) is 16.7 Å². The predicted octanol–water partition coefficient (Wildman–Crippen LogP) is 2.61. The second-order valence-corrected chi connectivity index (χ2v) is 10.5. The topological polar surface area (TPSA) is 78.9 Å². The Labute approximate surface area is 181 Å². The van der Waals surface area contributed by atoms with Gasteiger partial charge in [0.25, 0.3) is 0 Å². The van der Waals surface area contributed by atoms with E-state index in [4.69, 9.17) is 4.74 Å². The third-order valence-electron chi connectivity index (χ3n) is 6.17. The molecule has 1 aliphatic heterocycles. The van der Waals surface area contributed by atoms with Gasteiger partial charge in [0.2, 0.25) is 10.0 Å². The maximum Gasteiger partial charge on any atom is 0.247 e. The Hall–Kier alpha value is -1.59. The first kappa shape index (κ1) is 23.1. The third kappa shape index (κ3) is 5.17. The van der Waals surface area contributed by atoms with Crippen molar-refractivity contribution in [2.75, 3.05) is 26.7 Å². The van der Waals surface area contributed by atoms with Crippen LogP contribution in [0.25, 0.3) is 0 Å². The molecule has 0 aromatic heterocycles. The number of hydrogen-bond acceptors (Lipinski definition) is 5. The van der Waals surface area contributed by atoms with E-state index in [0.717, 1.165) is 12.0 Å². The number of nitrogens with one attached hydrogen (secondary N) is 1. The number of fused-ring (bicyclic) bond motifs is 1. The third-order valence-corrected chi connectivity index (χ3v) is 8.19. The van der Waals surface area contributed by atoms with Crippen molar-refractivity contribution in [3.05, 3.63) is 23.8 Å². The molecule has 30 heavy (non-hydrogen) atoms. The number of rotatable bonds is 5. The van der Waals surface area contributed by atoms with Gasteiger partial charge in [0.15, 0.2) is 0 Å². The van der Waals surface area contributed by atoms with Crippen molar-refractivity contribution in [3.63, 3.8) is 0 Å². The van der Waals surface area contributed by atoms with Crippen LogP contribution in [0.15, 0.2) is 23.1 Å². The maximum atomic E-state index is 13.4. The van der Waals surface area contributed by atoms with Gasteiger partial charge in [-0.1, -0.05) is 31.6 Å². The first-order valence-electron chi connectivity index (χ1n) is 10.9. The molecule has 0 saturated heterocycles. The summed E-state index contributed by atoms with van der Waals surface area (Å²) in [5, 5.41) is 12.8. The Bertz CT molecular complexity index is 884. The largest absolute Gasteiger partial charge is 0.487 e. The van der Waals surface area contributed by atoms with Gasteiger partial charge in [-0.05, 0) is 50.9 Å². The molecule has 0 amide bonds. The molecule has 0 spiro atoms. The normalized spacial score (nSPS) is 25.3. The molecule has 0 bridgehead atoms. The van der Waals surface area contributed by atoms with Gasteiger partial charge in [-0.3, -0.25) is 0 Å². The molecule has 6 nitrogen and oxygen atoms in total. The number of aliphatic hydroxyl groups excluding tert-OH is 1. The molecule has 2 N–H and O–H groups in total. The summed E-state index contributed by atoms with van der Waals surface area (Å²) in [5.41, 5.74) is 0.764. The summed E-state index contributed by atoms with van der Waals surface area (Å²) in [6.07, 6.45) is 5.79. The second kappa shape index (κ2) is 10.1. The van der Waals surface area contributed by atoms with Gasteiger partial charge in [-0.25, -0.2) is 8.42 Å². The summed E-state index contributed by atoms with van der Waals surface area (Å²) in [7, 11) is -1.94. The summed E-state index contributed by atoms with van der Waals surface area (Å²) in [6.45, 7) is 4.36. The predicted molar refractivity (Wildman–Crippen MR) is 118 cm³/mol. The van der Waals surface area contributed by atoms with Crippen LogP contribution in [-0.4, -0.2) is 56.7 Å². The average molecular weight is 435 g/mol. The second-order valence-electron chi connectivity index (χ2n) is 8.62. The molecule has 1 fully saturated rings. The number of hydrogen-bond donors (Lipinski definition) is 2. The summed E-state index contributed by atoms with van der Waals surface area (Å²) in [6, 6.07) is 4.58. The van der Waals surface area contributed by atoms with Crippen LogP contribution in [-0.2, 0) is 10.0 Å². The number of ether oxygens (including phenoxy) is 1. The molecule has 1 saturated carbocycles. The smallest absolute Gasteiger partial charge is 0.247 e. The zero-order valence-electron chi connectivity index (χ0n) is 18.2. The van der Waals surface area contributed by atoms with E-state index in [-0.39, 0.29) is 23.5 Å². The van der Waals surface area contributed by atoms with E-state index >= 15 is 0 Å². The van der Waals surface area contributed by atoms with E-state index in [2.05, 4.69) is 17.2 Å². The fraction of sp³-hybridized carbons (Fsp3) is 0.652. The minimum absolute atomic E-state index is 0.0496. The van der Waals surface area contributed by atoms with Crippen molar-refractivity contribution >= 4 is 10.0 Å². The zero-order valence-corrected chi connectivity index (χ0v) is 19.0. The highest BCUT2D eigenvalue weighted by Gasteiger charge is 2.37. The summed E-state index contributed by atoms with van der Waals surface area (Å²) >= 11 is 0. The lowest BCUT2D eigenvalue weighted by Gasteiger charge is -2.36. The van der Waals surface area contributed by atoms with Crippen molar-refractivity contribution in [2.24, 2.45) is 11.8 Å². The molecule has 166 valence electrons. The van der Waals surface area contributed by atoms with Gasteiger partial charge in [-0.2, -0.15) is 4.31 Å². The van der Waals surface area contributed by atoms with Crippen LogP contribution in [0.5, 0.6) is 5.75 Å². The minimum atomic E-state index is -3.80. The Morgan fingerprint density at radius 3 is 2.73 bits per heavy atom. The van der Waals surface area contributed by atoms with Crippen LogP contribution in [0.2, 0.25) is 0 Å². The van der Waals surface area contributed by atoms with Crippen LogP contribution in [0, 0.1) is 23.7 Å². The van der Waals surface area contributed by atoms with E-state index in [1.807, 2.05) is 14.0 Å². The molecular weight excluding hydrogens is 400 g/mol. The molecule has 3 atom stereocenters. The number of benzene rings is 1. The highest BCUT2D eigenvalue weighted by Crippen LogP contribution is 2.34. The van der Waals surface area contributed by atoms with Crippen LogP contribution in [0.4, 0.5) is 0 Å². The standard InChI is InChI=1S/C23H34N2O4S/c1-17-15-25(18(2)16-26)30(27,28)23-12-11-20(10-6-9-19-7-4-5-8-19)13-21(23)29-22(17)14-24-3/h11-13,17-19,22,24,26H,4-5,7-9,14-16H2,1-3H3/t17-,18-,22+/m1/s1. The lowest BCUT2D eigenvalue weighted by atomic mass is 10.0. The van der Waals surface area contributed by atoms with Crippen molar-refractivity contribution < 1.29 is 18.3 Å². The van der Waals surface area contributed by atoms with Crippen molar-refractivity contribution in [1.29, 1.82) is 0 Å². The van der Waals surface area contributed by atoms with E-state index in [1.54, 1.807) is 25.1 Å². The Kier molecular flexibility index (Phi) is 7.81. The summed E-state index contributed by atoms with van der Waals surface area (Å²) in [5.74, 6) is 7.44. The van der Waals surface area contributed by atoms with E-state index in [9.17, 15) is 13.5 Å². The Morgan fingerprint density at radius 2 is 2.07 bits per heavy atom. The Balaban J connectivity index is 1.96. The zero-order chi connectivity index (χ0) is 21.7. The molecule has 2 aliphatic rings.